The second-order valence-corrected chi connectivity index (χ2v) is 23.4. The Hall–Kier alpha value is -4.86. The standard InChI is InChI=1S/C52H58N2Si/c1-49(2,3)35-23-27-45-41(31-35)42-32-36(50(4,5)6)24-28-46(42)53(45)55(39-19-15-13-16-20-39,40-21-17-14-18-22-40)54-47-29-25-37(51(7,8)9)33-43(47)44-34-38(52(10,11)12)26-30-48(44)54/h13-34H,1-12H3. The number of benzene rings is 6. The third-order valence-electron chi connectivity index (χ3n) is 12.0. The lowest BCUT2D eigenvalue weighted by Crippen LogP contribution is -2.69. The van der Waals surface area contributed by atoms with Crippen molar-refractivity contribution in [3.05, 3.63) is 156 Å². The minimum absolute atomic E-state index is 0.0139. The van der Waals surface area contributed by atoms with Gasteiger partial charge in [0.25, 0.3) is 0 Å². The van der Waals surface area contributed by atoms with Crippen LogP contribution in [0.1, 0.15) is 105 Å². The third kappa shape index (κ3) is 5.98. The van der Waals surface area contributed by atoms with E-state index in [0.717, 1.165) is 0 Å². The molecule has 2 heterocycles. The normalized spacial score (nSPS) is 13.5. The molecule has 0 fully saturated rings. The van der Waals surface area contributed by atoms with Gasteiger partial charge in [0, 0.05) is 43.6 Å². The molecule has 0 amide bonds. The second-order valence-electron chi connectivity index (χ2n) is 20.0. The predicted molar refractivity (Wildman–Crippen MR) is 242 cm³/mol. The molecule has 0 radical (unpaired) electrons. The van der Waals surface area contributed by atoms with Crippen LogP contribution in [-0.4, -0.2) is 16.9 Å². The fourth-order valence-electron chi connectivity index (χ4n) is 8.73. The maximum Gasteiger partial charge on any atom is 0.340 e. The molecule has 2 aromatic heterocycles. The molecule has 6 aromatic carbocycles. The van der Waals surface area contributed by atoms with E-state index in [1.165, 1.54) is 76.2 Å². The highest BCUT2D eigenvalue weighted by atomic mass is 28.3. The maximum absolute atomic E-state index is 3.27. The highest BCUT2D eigenvalue weighted by Crippen LogP contribution is 2.42. The van der Waals surface area contributed by atoms with Gasteiger partial charge in [-0.25, -0.2) is 0 Å². The monoisotopic (exact) mass is 738 g/mol. The van der Waals surface area contributed by atoms with Gasteiger partial charge < -0.3 is 8.47 Å². The van der Waals surface area contributed by atoms with Gasteiger partial charge in [-0.15, -0.1) is 0 Å². The van der Waals surface area contributed by atoms with E-state index < -0.39 is 8.40 Å². The first-order valence-corrected chi connectivity index (χ1v) is 22.0. The van der Waals surface area contributed by atoms with Crippen LogP contribution in [-0.2, 0) is 21.7 Å². The van der Waals surface area contributed by atoms with Gasteiger partial charge >= 0.3 is 8.40 Å². The lowest BCUT2D eigenvalue weighted by atomic mass is 9.85. The molecular formula is C52H58N2Si. The van der Waals surface area contributed by atoms with Crippen LogP contribution in [0.4, 0.5) is 0 Å². The summed E-state index contributed by atoms with van der Waals surface area (Å²) in [5.41, 5.74) is 10.6. The van der Waals surface area contributed by atoms with Gasteiger partial charge in [-0.1, -0.05) is 168 Å². The SMILES string of the molecule is CC(C)(C)c1ccc2c(c1)c1cc(C(C)(C)C)ccc1n2[Si](c1ccccc1)(c1ccccc1)n1c2ccc(C(C)(C)C)cc2c2cc(C(C)(C)C)ccc21. The summed E-state index contributed by atoms with van der Waals surface area (Å²) in [6.07, 6.45) is 0. The third-order valence-corrected chi connectivity index (χ3v) is 16.5. The predicted octanol–water partition coefficient (Wildman–Crippen LogP) is 12.7. The minimum Gasteiger partial charge on any atom is -0.342 e. The number of aromatic nitrogens is 2. The van der Waals surface area contributed by atoms with Crippen molar-refractivity contribution in [1.29, 1.82) is 0 Å². The van der Waals surface area contributed by atoms with Crippen molar-refractivity contribution in [2.45, 2.75) is 105 Å². The fourth-order valence-corrected chi connectivity index (χ4v) is 13.8. The maximum atomic E-state index is 2.81. The first kappa shape index (κ1) is 37.1. The smallest absolute Gasteiger partial charge is 0.340 e. The minimum atomic E-state index is -3.27. The topological polar surface area (TPSA) is 9.86 Å². The molecule has 2 nitrogen and oxygen atoms in total. The zero-order valence-electron chi connectivity index (χ0n) is 35.1. The summed E-state index contributed by atoms with van der Waals surface area (Å²) in [7, 11) is -3.27. The summed E-state index contributed by atoms with van der Waals surface area (Å²) in [5.74, 6) is 0. The molecule has 0 saturated heterocycles. The Morgan fingerprint density at radius 3 is 0.764 bits per heavy atom. The zero-order chi connectivity index (χ0) is 39.3. The molecule has 0 bridgehead atoms. The van der Waals surface area contributed by atoms with Crippen molar-refractivity contribution >= 4 is 62.4 Å². The first-order valence-electron chi connectivity index (χ1n) is 20.1. The van der Waals surface area contributed by atoms with Gasteiger partial charge in [-0.2, -0.15) is 0 Å². The van der Waals surface area contributed by atoms with E-state index in [4.69, 9.17) is 0 Å². The van der Waals surface area contributed by atoms with Crippen LogP contribution in [0.15, 0.2) is 133 Å². The Bertz CT molecular complexity index is 2380. The molecule has 8 aromatic rings. The fraction of sp³-hybridized carbons (Fsp3) is 0.308. The second kappa shape index (κ2) is 12.6. The molecule has 0 N–H and O–H groups in total. The van der Waals surface area contributed by atoms with Gasteiger partial charge in [0.15, 0.2) is 0 Å². The van der Waals surface area contributed by atoms with Crippen LogP contribution in [0, 0.1) is 0 Å². The van der Waals surface area contributed by atoms with Crippen molar-refractivity contribution < 1.29 is 0 Å². The lowest BCUT2D eigenvalue weighted by Gasteiger charge is -2.38. The summed E-state index contributed by atoms with van der Waals surface area (Å²) in [6, 6.07) is 52.1. The van der Waals surface area contributed by atoms with Crippen LogP contribution < -0.4 is 10.4 Å². The Labute approximate surface area is 330 Å². The lowest BCUT2D eigenvalue weighted by molar-refractivity contribution is 0.590. The first-order chi connectivity index (χ1) is 25.8. The van der Waals surface area contributed by atoms with Crippen molar-refractivity contribution in [3.8, 4) is 0 Å². The van der Waals surface area contributed by atoms with E-state index >= 15 is 0 Å². The van der Waals surface area contributed by atoms with Gasteiger partial charge in [-0.05, 0) is 103 Å². The van der Waals surface area contributed by atoms with E-state index in [1.54, 1.807) is 0 Å². The van der Waals surface area contributed by atoms with Gasteiger partial charge in [0.05, 0.1) is 0 Å². The highest BCUT2D eigenvalue weighted by Gasteiger charge is 2.47. The van der Waals surface area contributed by atoms with Crippen LogP contribution in [0.5, 0.6) is 0 Å². The number of hydrogen-bond donors (Lipinski definition) is 0. The summed E-state index contributed by atoms with van der Waals surface area (Å²) in [6.45, 7) is 28.0. The zero-order valence-corrected chi connectivity index (χ0v) is 36.1. The molecule has 280 valence electrons. The Kier molecular flexibility index (Phi) is 8.48. The molecular weight excluding hydrogens is 681 g/mol. The van der Waals surface area contributed by atoms with Gasteiger partial charge in [-0.3, -0.25) is 0 Å². The molecule has 0 aliphatic carbocycles. The molecule has 0 unspecified atom stereocenters. The van der Waals surface area contributed by atoms with E-state index in [0.29, 0.717) is 0 Å². The Morgan fingerprint density at radius 1 is 0.309 bits per heavy atom. The van der Waals surface area contributed by atoms with E-state index in [2.05, 4.69) is 225 Å². The van der Waals surface area contributed by atoms with Crippen molar-refractivity contribution in [1.82, 2.24) is 8.47 Å². The number of hydrogen-bond acceptors (Lipinski definition) is 0. The number of fused-ring (bicyclic) bond motifs is 6. The largest absolute Gasteiger partial charge is 0.342 e. The molecule has 0 aliphatic heterocycles. The Morgan fingerprint density at radius 2 is 0.545 bits per heavy atom. The van der Waals surface area contributed by atoms with Crippen LogP contribution in [0.2, 0.25) is 0 Å². The summed E-state index contributed by atoms with van der Waals surface area (Å²) in [5, 5.41) is 7.98. The molecule has 55 heavy (non-hydrogen) atoms. The van der Waals surface area contributed by atoms with Crippen molar-refractivity contribution in [2.75, 3.05) is 0 Å². The summed E-state index contributed by atoms with van der Waals surface area (Å²) in [4.78, 5) is 0. The van der Waals surface area contributed by atoms with E-state index in [1.807, 2.05) is 0 Å². The van der Waals surface area contributed by atoms with Crippen LogP contribution in [0.25, 0.3) is 43.6 Å². The highest BCUT2D eigenvalue weighted by molar-refractivity contribution is 7.01. The molecule has 0 saturated carbocycles. The van der Waals surface area contributed by atoms with Gasteiger partial charge in [0.1, 0.15) is 0 Å². The van der Waals surface area contributed by atoms with Crippen molar-refractivity contribution in [3.63, 3.8) is 0 Å². The molecule has 8 rings (SSSR count). The van der Waals surface area contributed by atoms with Crippen LogP contribution >= 0.6 is 0 Å². The van der Waals surface area contributed by atoms with E-state index in [9.17, 15) is 0 Å². The van der Waals surface area contributed by atoms with E-state index in [-0.39, 0.29) is 21.7 Å². The summed E-state index contributed by atoms with van der Waals surface area (Å²) >= 11 is 0. The van der Waals surface area contributed by atoms with Gasteiger partial charge in [0.2, 0.25) is 0 Å². The molecule has 3 heteroatoms. The quantitative estimate of drug-likeness (QED) is 0.159. The number of rotatable bonds is 4. The molecule has 0 spiro atoms. The molecule has 0 aliphatic rings. The number of nitrogens with zero attached hydrogens (tertiary/aromatic N) is 2. The summed E-state index contributed by atoms with van der Waals surface area (Å²) < 4.78 is 5.63. The van der Waals surface area contributed by atoms with Crippen LogP contribution in [0.3, 0.4) is 0 Å². The van der Waals surface area contributed by atoms with Crippen molar-refractivity contribution in [2.24, 2.45) is 0 Å². The molecule has 0 atom stereocenters. The average Bonchev–Trinajstić information content (AvgIpc) is 3.64. The Balaban J connectivity index is 1.67. The average molecular weight is 739 g/mol.